The van der Waals surface area contributed by atoms with Crippen LogP contribution in [0.3, 0.4) is 0 Å². The standard InChI is InChI=1S/C12H13BrClNO3/c1-6(2)10(12(17)18)15-11(16)7-3-4-8(13)9(14)5-7/h3-6,10H,1-2H3,(H,15,16)(H,17,18)/t10-/m0/s1. The Morgan fingerprint density at radius 2 is 2.00 bits per heavy atom. The summed E-state index contributed by atoms with van der Waals surface area (Å²) in [6.45, 7) is 3.46. The third-order valence-corrected chi connectivity index (χ3v) is 3.63. The minimum Gasteiger partial charge on any atom is -0.480 e. The molecule has 0 aliphatic rings. The summed E-state index contributed by atoms with van der Waals surface area (Å²) in [6, 6.07) is 3.78. The number of hydrogen-bond donors (Lipinski definition) is 2. The number of halogens is 2. The highest BCUT2D eigenvalue weighted by atomic mass is 79.9. The second-order valence-electron chi connectivity index (χ2n) is 4.16. The molecule has 2 N–H and O–H groups in total. The first-order valence-electron chi connectivity index (χ1n) is 5.31. The Bertz CT molecular complexity index is 476. The van der Waals surface area contributed by atoms with Crippen molar-refractivity contribution < 1.29 is 14.7 Å². The average molecular weight is 335 g/mol. The van der Waals surface area contributed by atoms with Crippen molar-refractivity contribution in [3.8, 4) is 0 Å². The van der Waals surface area contributed by atoms with Crippen LogP contribution in [0.5, 0.6) is 0 Å². The van der Waals surface area contributed by atoms with Crippen LogP contribution in [0, 0.1) is 5.92 Å². The van der Waals surface area contributed by atoms with Crippen molar-refractivity contribution in [1.82, 2.24) is 5.32 Å². The van der Waals surface area contributed by atoms with Gasteiger partial charge in [-0.25, -0.2) is 4.79 Å². The van der Waals surface area contributed by atoms with Gasteiger partial charge in [-0.05, 0) is 40.0 Å². The molecule has 98 valence electrons. The van der Waals surface area contributed by atoms with Gasteiger partial charge in [0.05, 0.1) is 5.02 Å². The zero-order valence-corrected chi connectivity index (χ0v) is 12.2. The average Bonchev–Trinajstić information content (AvgIpc) is 2.28. The Balaban J connectivity index is 2.87. The van der Waals surface area contributed by atoms with E-state index in [2.05, 4.69) is 21.2 Å². The Morgan fingerprint density at radius 3 is 2.44 bits per heavy atom. The fraction of sp³-hybridized carbons (Fsp3) is 0.333. The molecule has 1 aromatic rings. The Labute approximate surface area is 118 Å². The lowest BCUT2D eigenvalue weighted by molar-refractivity contribution is -0.140. The second-order valence-corrected chi connectivity index (χ2v) is 5.42. The smallest absolute Gasteiger partial charge is 0.326 e. The number of rotatable bonds is 4. The molecule has 0 unspecified atom stereocenters. The Kier molecular flexibility index (Phi) is 5.16. The number of carboxylic acid groups (broad SMARTS) is 1. The molecule has 0 aliphatic heterocycles. The van der Waals surface area contributed by atoms with E-state index < -0.39 is 17.9 Å². The number of carbonyl (C=O) groups is 2. The number of carbonyl (C=O) groups excluding carboxylic acids is 1. The van der Waals surface area contributed by atoms with Crippen molar-refractivity contribution >= 4 is 39.4 Å². The molecular formula is C12H13BrClNO3. The lowest BCUT2D eigenvalue weighted by atomic mass is 10.0. The lowest BCUT2D eigenvalue weighted by Crippen LogP contribution is -2.44. The summed E-state index contributed by atoms with van der Waals surface area (Å²) in [5.74, 6) is -1.70. The molecule has 0 saturated heterocycles. The van der Waals surface area contributed by atoms with Crippen molar-refractivity contribution in [2.45, 2.75) is 19.9 Å². The molecule has 0 spiro atoms. The van der Waals surface area contributed by atoms with Gasteiger partial charge in [-0.1, -0.05) is 25.4 Å². The first-order chi connectivity index (χ1) is 8.32. The molecule has 1 rings (SSSR count). The van der Waals surface area contributed by atoms with Crippen molar-refractivity contribution in [3.63, 3.8) is 0 Å². The molecule has 0 radical (unpaired) electrons. The number of benzene rings is 1. The summed E-state index contributed by atoms with van der Waals surface area (Å²) >= 11 is 9.09. The largest absolute Gasteiger partial charge is 0.480 e. The zero-order valence-electron chi connectivity index (χ0n) is 9.91. The lowest BCUT2D eigenvalue weighted by Gasteiger charge is -2.17. The van der Waals surface area contributed by atoms with Crippen LogP contribution in [0.1, 0.15) is 24.2 Å². The first kappa shape index (κ1) is 15.0. The number of hydrogen-bond acceptors (Lipinski definition) is 2. The van der Waals surface area contributed by atoms with E-state index in [1.54, 1.807) is 26.0 Å². The predicted octanol–water partition coefficient (Wildman–Crippen LogP) is 2.94. The van der Waals surface area contributed by atoms with Gasteiger partial charge >= 0.3 is 5.97 Å². The van der Waals surface area contributed by atoms with Crippen molar-refractivity contribution in [2.24, 2.45) is 5.92 Å². The maximum atomic E-state index is 11.9. The van der Waals surface area contributed by atoms with E-state index in [-0.39, 0.29) is 5.92 Å². The normalized spacial score (nSPS) is 12.3. The van der Waals surface area contributed by atoms with Crippen molar-refractivity contribution in [1.29, 1.82) is 0 Å². The molecule has 4 nitrogen and oxygen atoms in total. The molecule has 1 amide bonds. The SMILES string of the molecule is CC(C)[C@H](NC(=O)c1ccc(Br)c(Cl)c1)C(=O)O. The van der Waals surface area contributed by atoms with Gasteiger partial charge in [0.25, 0.3) is 5.91 Å². The Hall–Kier alpha value is -1.07. The number of carboxylic acids is 1. The molecule has 1 aromatic carbocycles. The van der Waals surface area contributed by atoms with E-state index >= 15 is 0 Å². The van der Waals surface area contributed by atoms with Crippen LogP contribution in [-0.2, 0) is 4.79 Å². The van der Waals surface area contributed by atoms with Crippen LogP contribution >= 0.6 is 27.5 Å². The third-order valence-electron chi connectivity index (χ3n) is 2.40. The second kappa shape index (κ2) is 6.20. The van der Waals surface area contributed by atoms with Gasteiger partial charge in [-0.3, -0.25) is 4.79 Å². The number of aliphatic carboxylic acids is 1. The molecule has 0 aromatic heterocycles. The van der Waals surface area contributed by atoms with Crippen LogP contribution in [0.4, 0.5) is 0 Å². The summed E-state index contributed by atoms with van der Waals surface area (Å²) in [4.78, 5) is 22.9. The minimum absolute atomic E-state index is 0.197. The predicted molar refractivity (Wildman–Crippen MR) is 72.9 cm³/mol. The molecule has 1 atom stereocenters. The molecule has 0 bridgehead atoms. The highest BCUT2D eigenvalue weighted by Gasteiger charge is 2.24. The number of amides is 1. The number of nitrogens with one attached hydrogen (secondary N) is 1. The van der Waals surface area contributed by atoms with E-state index in [9.17, 15) is 9.59 Å². The van der Waals surface area contributed by atoms with Crippen LogP contribution < -0.4 is 5.32 Å². The van der Waals surface area contributed by atoms with Crippen LogP contribution in [-0.4, -0.2) is 23.0 Å². The van der Waals surface area contributed by atoms with Crippen LogP contribution in [0.15, 0.2) is 22.7 Å². The van der Waals surface area contributed by atoms with E-state index in [4.69, 9.17) is 16.7 Å². The summed E-state index contributed by atoms with van der Waals surface area (Å²) < 4.78 is 0.680. The summed E-state index contributed by atoms with van der Waals surface area (Å²) in [6.07, 6.45) is 0. The maximum absolute atomic E-state index is 11.9. The van der Waals surface area contributed by atoms with Crippen LogP contribution in [0.2, 0.25) is 5.02 Å². The highest BCUT2D eigenvalue weighted by molar-refractivity contribution is 9.10. The Morgan fingerprint density at radius 1 is 1.39 bits per heavy atom. The van der Waals surface area contributed by atoms with Gasteiger partial charge in [-0.2, -0.15) is 0 Å². The summed E-state index contributed by atoms with van der Waals surface area (Å²) in [7, 11) is 0. The van der Waals surface area contributed by atoms with Gasteiger partial charge in [0.2, 0.25) is 0 Å². The third kappa shape index (κ3) is 3.71. The van der Waals surface area contributed by atoms with E-state index in [1.807, 2.05) is 0 Å². The van der Waals surface area contributed by atoms with Gasteiger partial charge < -0.3 is 10.4 Å². The first-order valence-corrected chi connectivity index (χ1v) is 6.48. The maximum Gasteiger partial charge on any atom is 0.326 e. The monoisotopic (exact) mass is 333 g/mol. The summed E-state index contributed by atoms with van der Waals surface area (Å²) in [5.41, 5.74) is 0.329. The van der Waals surface area contributed by atoms with Gasteiger partial charge in [0.15, 0.2) is 0 Å². The highest BCUT2D eigenvalue weighted by Crippen LogP contribution is 2.23. The molecule has 6 heteroatoms. The van der Waals surface area contributed by atoms with Crippen LogP contribution in [0.25, 0.3) is 0 Å². The topological polar surface area (TPSA) is 66.4 Å². The molecule has 18 heavy (non-hydrogen) atoms. The zero-order chi connectivity index (χ0) is 13.9. The van der Waals surface area contributed by atoms with Crippen molar-refractivity contribution in [3.05, 3.63) is 33.3 Å². The van der Waals surface area contributed by atoms with Crippen molar-refractivity contribution in [2.75, 3.05) is 0 Å². The fourth-order valence-electron chi connectivity index (χ4n) is 1.38. The van der Waals surface area contributed by atoms with E-state index in [1.165, 1.54) is 6.07 Å². The van der Waals surface area contributed by atoms with E-state index in [0.717, 1.165) is 0 Å². The quantitative estimate of drug-likeness (QED) is 0.889. The summed E-state index contributed by atoms with van der Waals surface area (Å²) in [5, 5.41) is 11.9. The molecule has 0 aliphatic carbocycles. The van der Waals surface area contributed by atoms with Gasteiger partial charge in [0.1, 0.15) is 6.04 Å². The molecule has 0 saturated carbocycles. The van der Waals surface area contributed by atoms with Gasteiger partial charge in [0, 0.05) is 10.0 Å². The minimum atomic E-state index is -1.05. The van der Waals surface area contributed by atoms with E-state index in [0.29, 0.717) is 15.1 Å². The molecular weight excluding hydrogens is 321 g/mol. The fourth-order valence-corrected chi connectivity index (χ4v) is 1.80. The van der Waals surface area contributed by atoms with Gasteiger partial charge in [-0.15, -0.1) is 0 Å². The molecule has 0 heterocycles. The molecule has 0 fully saturated rings.